The van der Waals surface area contributed by atoms with Gasteiger partial charge in [0, 0.05) is 12.1 Å². The third-order valence-corrected chi connectivity index (χ3v) is 4.48. The number of nitrogens with one attached hydrogen (secondary N) is 1. The Morgan fingerprint density at radius 1 is 1.25 bits per heavy atom. The molecule has 1 fully saturated rings. The fraction of sp³-hybridized carbons (Fsp3) is 1.00. The normalized spacial score (nSPS) is 28.3. The van der Waals surface area contributed by atoms with Crippen molar-refractivity contribution in [1.29, 1.82) is 0 Å². The third-order valence-electron chi connectivity index (χ3n) is 4.48. The summed E-state index contributed by atoms with van der Waals surface area (Å²) in [7, 11) is 4.36. The van der Waals surface area contributed by atoms with Crippen LogP contribution in [0.5, 0.6) is 0 Å². The monoisotopic (exact) mass is 226 g/mol. The van der Waals surface area contributed by atoms with Crippen molar-refractivity contribution < 1.29 is 0 Å². The molecule has 0 bridgehead atoms. The largest absolute Gasteiger partial charge is 0.320 e. The van der Waals surface area contributed by atoms with Crippen LogP contribution in [0.1, 0.15) is 52.4 Å². The first-order valence-corrected chi connectivity index (χ1v) is 7.05. The Bertz CT molecular complexity index is 174. The van der Waals surface area contributed by atoms with Crippen molar-refractivity contribution in [3.8, 4) is 0 Å². The first kappa shape index (κ1) is 14.0. The second-order valence-corrected chi connectivity index (χ2v) is 5.49. The minimum atomic E-state index is 0.718. The zero-order chi connectivity index (χ0) is 12.0. The Morgan fingerprint density at radius 2 is 1.88 bits per heavy atom. The summed E-state index contributed by atoms with van der Waals surface area (Å²) < 4.78 is 0. The molecule has 0 radical (unpaired) electrons. The van der Waals surface area contributed by atoms with Gasteiger partial charge in [-0.25, -0.2) is 0 Å². The Labute approximate surface area is 102 Å². The zero-order valence-electron chi connectivity index (χ0n) is 11.6. The average molecular weight is 226 g/mol. The van der Waals surface area contributed by atoms with Gasteiger partial charge in [0.15, 0.2) is 0 Å². The summed E-state index contributed by atoms with van der Waals surface area (Å²) in [5.41, 5.74) is 0. The molecule has 1 N–H and O–H groups in total. The molecule has 0 aliphatic heterocycles. The lowest BCUT2D eigenvalue weighted by Gasteiger charge is -2.38. The Morgan fingerprint density at radius 3 is 2.38 bits per heavy atom. The van der Waals surface area contributed by atoms with Gasteiger partial charge in [-0.3, -0.25) is 0 Å². The van der Waals surface area contributed by atoms with E-state index in [1.807, 2.05) is 7.05 Å². The SMILES string of the molecule is CCC1CCC(N(C)C(C)CCNC)CC1. The molecule has 16 heavy (non-hydrogen) atoms. The van der Waals surface area contributed by atoms with Gasteiger partial charge in [-0.1, -0.05) is 13.3 Å². The molecular formula is C14H30N2. The average Bonchev–Trinajstić information content (AvgIpc) is 2.35. The van der Waals surface area contributed by atoms with Crippen molar-refractivity contribution in [2.45, 2.75) is 64.5 Å². The molecular weight excluding hydrogens is 196 g/mol. The highest BCUT2D eigenvalue weighted by atomic mass is 15.2. The Balaban J connectivity index is 2.29. The molecule has 1 aliphatic rings. The lowest BCUT2D eigenvalue weighted by molar-refractivity contribution is 0.122. The van der Waals surface area contributed by atoms with Gasteiger partial charge in [0.2, 0.25) is 0 Å². The van der Waals surface area contributed by atoms with Crippen molar-refractivity contribution in [3.63, 3.8) is 0 Å². The second-order valence-electron chi connectivity index (χ2n) is 5.49. The fourth-order valence-electron chi connectivity index (χ4n) is 2.88. The minimum absolute atomic E-state index is 0.718. The highest BCUT2D eigenvalue weighted by Gasteiger charge is 2.25. The molecule has 0 aromatic carbocycles. The molecule has 1 aliphatic carbocycles. The smallest absolute Gasteiger partial charge is 0.00952 e. The first-order valence-electron chi connectivity index (χ1n) is 7.05. The van der Waals surface area contributed by atoms with E-state index >= 15 is 0 Å². The van der Waals surface area contributed by atoms with E-state index in [0.717, 1.165) is 24.5 Å². The van der Waals surface area contributed by atoms with E-state index in [1.54, 1.807) is 0 Å². The van der Waals surface area contributed by atoms with Crippen molar-refractivity contribution in [2.75, 3.05) is 20.6 Å². The number of hydrogen-bond acceptors (Lipinski definition) is 2. The Hall–Kier alpha value is -0.0800. The number of rotatable bonds is 6. The van der Waals surface area contributed by atoms with E-state index in [0.29, 0.717) is 0 Å². The fourth-order valence-corrected chi connectivity index (χ4v) is 2.88. The quantitative estimate of drug-likeness (QED) is 0.749. The number of nitrogens with zero attached hydrogens (tertiary/aromatic N) is 1. The van der Waals surface area contributed by atoms with Gasteiger partial charge in [-0.15, -0.1) is 0 Å². The second kappa shape index (κ2) is 7.29. The summed E-state index contributed by atoms with van der Waals surface area (Å²) in [5.74, 6) is 1.01. The molecule has 96 valence electrons. The lowest BCUT2D eigenvalue weighted by Crippen LogP contribution is -2.41. The Kier molecular flexibility index (Phi) is 6.37. The zero-order valence-corrected chi connectivity index (χ0v) is 11.6. The molecule has 1 rings (SSSR count). The van der Waals surface area contributed by atoms with Crippen molar-refractivity contribution in [3.05, 3.63) is 0 Å². The van der Waals surface area contributed by atoms with Crippen LogP contribution in [-0.2, 0) is 0 Å². The van der Waals surface area contributed by atoms with Crippen LogP contribution in [0, 0.1) is 5.92 Å². The van der Waals surface area contributed by atoms with Crippen molar-refractivity contribution in [1.82, 2.24) is 10.2 Å². The van der Waals surface area contributed by atoms with Crippen LogP contribution >= 0.6 is 0 Å². The third kappa shape index (κ3) is 4.06. The summed E-state index contributed by atoms with van der Waals surface area (Å²) in [6.07, 6.45) is 8.37. The molecule has 2 heteroatoms. The molecule has 1 unspecified atom stereocenters. The van der Waals surface area contributed by atoms with Gasteiger partial charge in [0.25, 0.3) is 0 Å². The minimum Gasteiger partial charge on any atom is -0.320 e. The topological polar surface area (TPSA) is 15.3 Å². The molecule has 0 heterocycles. The van der Waals surface area contributed by atoms with E-state index in [2.05, 4.69) is 31.1 Å². The van der Waals surface area contributed by atoms with E-state index in [-0.39, 0.29) is 0 Å². The van der Waals surface area contributed by atoms with E-state index in [1.165, 1.54) is 38.5 Å². The summed E-state index contributed by atoms with van der Waals surface area (Å²) in [5, 5.41) is 3.25. The van der Waals surface area contributed by atoms with Crippen LogP contribution in [0.4, 0.5) is 0 Å². The van der Waals surface area contributed by atoms with Gasteiger partial charge in [0.05, 0.1) is 0 Å². The summed E-state index contributed by atoms with van der Waals surface area (Å²) in [6, 6.07) is 1.56. The maximum absolute atomic E-state index is 3.25. The van der Waals surface area contributed by atoms with E-state index in [9.17, 15) is 0 Å². The predicted octanol–water partition coefficient (Wildman–Crippen LogP) is 2.89. The van der Waals surface area contributed by atoms with E-state index < -0.39 is 0 Å². The van der Waals surface area contributed by atoms with Gasteiger partial charge < -0.3 is 10.2 Å². The highest BCUT2D eigenvalue weighted by molar-refractivity contribution is 4.80. The molecule has 1 saturated carbocycles. The summed E-state index contributed by atoms with van der Waals surface area (Å²) >= 11 is 0. The standard InChI is InChI=1S/C14H30N2/c1-5-13-6-8-14(9-7-13)16(4)12(2)10-11-15-3/h12-15H,5-11H2,1-4H3. The van der Waals surface area contributed by atoms with Gasteiger partial charge in [-0.2, -0.15) is 0 Å². The number of hydrogen-bond donors (Lipinski definition) is 1. The maximum atomic E-state index is 3.25. The molecule has 0 saturated heterocycles. The molecule has 0 aromatic heterocycles. The lowest BCUT2D eigenvalue weighted by atomic mass is 9.83. The molecule has 2 nitrogen and oxygen atoms in total. The highest BCUT2D eigenvalue weighted by Crippen LogP contribution is 2.29. The molecule has 0 amide bonds. The predicted molar refractivity (Wildman–Crippen MR) is 71.8 cm³/mol. The van der Waals surface area contributed by atoms with Crippen molar-refractivity contribution in [2.24, 2.45) is 5.92 Å². The van der Waals surface area contributed by atoms with E-state index in [4.69, 9.17) is 0 Å². The van der Waals surface area contributed by atoms with Gasteiger partial charge in [-0.05, 0) is 65.6 Å². The van der Waals surface area contributed by atoms with Crippen LogP contribution in [-0.4, -0.2) is 37.6 Å². The molecule has 0 aromatic rings. The van der Waals surface area contributed by atoms with Crippen LogP contribution in [0.15, 0.2) is 0 Å². The maximum Gasteiger partial charge on any atom is 0.00952 e. The van der Waals surface area contributed by atoms with Crippen LogP contribution < -0.4 is 5.32 Å². The summed E-state index contributed by atoms with van der Waals surface area (Å²) in [6.45, 7) is 5.84. The van der Waals surface area contributed by atoms with Gasteiger partial charge in [0.1, 0.15) is 0 Å². The summed E-state index contributed by atoms with van der Waals surface area (Å²) in [4.78, 5) is 2.61. The van der Waals surface area contributed by atoms with Crippen LogP contribution in [0.25, 0.3) is 0 Å². The van der Waals surface area contributed by atoms with Crippen molar-refractivity contribution >= 4 is 0 Å². The van der Waals surface area contributed by atoms with Crippen LogP contribution in [0.3, 0.4) is 0 Å². The van der Waals surface area contributed by atoms with Gasteiger partial charge >= 0.3 is 0 Å². The first-order chi connectivity index (χ1) is 7.69. The molecule has 1 atom stereocenters. The molecule has 0 spiro atoms. The van der Waals surface area contributed by atoms with Crippen LogP contribution in [0.2, 0.25) is 0 Å².